The first kappa shape index (κ1) is 22.0. The lowest BCUT2D eigenvalue weighted by Gasteiger charge is -2.17. The number of nitrogens with two attached hydrogens (primary N) is 2. The standard InChI is InChI=1S/C26H28N6O2/c1-3-19(4-2)32-15-17(8-9-23(32)33)21-14-29-25(27)24(30-21)22-13-20(31-34-22)16-6-5-7-18(12-16)26(28)10-11-26/h5-9,12-15,19H,3-4,10-11,28H2,1-2H3,(H2,27,29). The summed E-state index contributed by atoms with van der Waals surface area (Å²) in [6.07, 6.45) is 7.15. The maximum absolute atomic E-state index is 12.4. The van der Waals surface area contributed by atoms with Gasteiger partial charge in [-0.1, -0.05) is 37.2 Å². The van der Waals surface area contributed by atoms with E-state index in [1.165, 1.54) is 0 Å². The van der Waals surface area contributed by atoms with Crippen LogP contribution in [0.3, 0.4) is 0 Å². The van der Waals surface area contributed by atoms with Gasteiger partial charge in [0.25, 0.3) is 5.56 Å². The summed E-state index contributed by atoms with van der Waals surface area (Å²) in [5, 5.41) is 4.24. The second-order valence-corrected chi connectivity index (χ2v) is 8.94. The molecule has 1 fully saturated rings. The Hall–Kier alpha value is -3.78. The Bertz CT molecular complexity index is 1400. The molecule has 0 saturated heterocycles. The lowest BCUT2D eigenvalue weighted by molar-refractivity contribution is 0.433. The molecule has 34 heavy (non-hydrogen) atoms. The zero-order valence-corrected chi connectivity index (χ0v) is 19.4. The van der Waals surface area contributed by atoms with Gasteiger partial charge in [-0.25, -0.2) is 9.97 Å². The largest absolute Gasteiger partial charge is 0.382 e. The van der Waals surface area contributed by atoms with Gasteiger partial charge in [0.1, 0.15) is 5.69 Å². The van der Waals surface area contributed by atoms with Crippen molar-refractivity contribution in [1.29, 1.82) is 0 Å². The average molecular weight is 457 g/mol. The first-order valence-electron chi connectivity index (χ1n) is 11.6. The number of benzene rings is 1. The van der Waals surface area contributed by atoms with Gasteiger partial charge in [-0.15, -0.1) is 0 Å². The third-order valence-electron chi connectivity index (χ3n) is 6.64. The van der Waals surface area contributed by atoms with Gasteiger partial charge in [0.2, 0.25) is 0 Å². The van der Waals surface area contributed by atoms with Crippen LogP contribution in [0.4, 0.5) is 5.82 Å². The number of hydrogen-bond acceptors (Lipinski definition) is 7. The molecule has 0 bridgehead atoms. The quantitative estimate of drug-likeness (QED) is 0.419. The molecule has 4 aromatic rings. The van der Waals surface area contributed by atoms with Crippen molar-refractivity contribution in [3.63, 3.8) is 0 Å². The molecule has 174 valence electrons. The highest BCUT2D eigenvalue weighted by molar-refractivity contribution is 5.73. The minimum absolute atomic E-state index is 0.0337. The highest BCUT2D eigenvalue weighted by Crippen LogP contribution is 2.43. The summed E-state index contributed by atoms with van der Waals surface area (Å²) in [7, 11) is 0. The van der Waals surface area contributed by atoms with E-state index in [0.717, 1.165) is 42.4 Å². The highest BCUT2D eigenvalue weighted by Gasteiger charge is 2.40. The molecule has 1 aromatic carbocycles. The number of anilines is 1. The lowest BCUT2D eigenvalue weighted by atomic mass is 10.0. The third kappa shape index (κ3) is 4.01. The summed E-state index contributed by atoms with van der Waals surface area (Å²) in [5.74, 6) is 0.668. The Morgan fingerprint density at radius 3 is 2.62 bits per heavy atom. The molecule has 0 unspecified atom stereocenters. The van der Waals surface area contributed by atoms with Crippen LogP contribution in [0.5, 0.6) is 0 Å². The predicted octanol–water partition coefficient (Wildman–Crippen LogP) is 4.52. The van der Waals surface area contributed by atoms with E-state index < -0.39 is 0 Å². The third-order valence-corrected chi connectivity index (χ3v) is 6.64. The van der Waals surface area contributed by atoms with Crippen molar-refractivity contribution < 1.29 is 4.52 Å². The maximum Gasteiger partial charge on any atom is 0.250 e. The SMILES string of the molecule is CCC(CC)n1cc(-c2cnc(N)c(-c3cc(-c4cccc(C5(N)CC5)c4)no3)n2)ccc1=O. The second-order valence-electron chi connectivity index (χ2n) is 8.94. The molecule has 1 aliphatic carbocycles. The van der Waals surface area contributed by atoms with E-state index in [9.17, 15) is 4.79 Å². The Balaban J connectivity index is 1.50. The molecule has 8 nitrogen and oxygen atoms in total. The summed E-state index contributed by atoms with van der Waals surface area (Å²) in [5.41, 5.74) is 16.7. The van der Waals surface area contributed by atoms with Crippen molar-refractivity contribution in [3.05, 3.63) is 70.8 Å². The molecule has 0 amide bonds. The van der Waals surface area contributed by atoms with Gasteiger partial charge in [0.05, 0.1) is 11.9 Å². The van der Waals surface area contributed by atoms with Gasteiger partial charge >= 0.3 is 0 Å². The molecule has 0 atom stereocenters. The van der Waals surface area contributed by atoms with Gasteiger partial charge in [0, 0.05) is 41.0 Å². The summed E-state index contributed by atoms with van der Waals surface area (Å²) in [6, 6.07) is 13.3. The zero-order chi connectivity index (χ0) is 23.9. The molecule has 3 heterocycles. The van der Waals surface area contributed by atoms with Crippen LogP contribution in [0.2, 0.25) is 0 Å². The summed E-state index contributed by atoms with van der Waals surface area (Å²) < 4.78 is 7.38. The maximum atomic E-state index is 12.4. The first-order chi connectivity index (χ1) is 16.4. The number of nitrogens with zero attached hydrogens (tertiary/aromatic N) is 4. The second kappa shape index (κ2) is 8.53. The van der Waals surface area contributed by atoms with Crippen molar-refractivity contribution in [3.8, 4) is 34.0 Å². The van der Waals surface area contributed by atoms with Crippen LogP contribution in [0.25, 0.3) is 34.0 Å². The van der Waals surface area contributed by atoms with Crippen LogP contribution in [0, 0.1) is 0 Å². The minimum Gasteiger partial charge on any atom is -0.382 e. The molecular formula is C26H28N6O2. The number of nitrogen functional groups attached to an aromatic ring is 1. The van der Waals surface area contributed by atoms with Gasteiger partial charge in [-0.2, -0.15) is 0 Å². The van der Waals surface area contributed by atoms with E-state index in [1.54, 1.807) is 22.9 Å². The Morgan fingerprint density at radius 2 is 1.88 bits per heavy atom. The molecule has 0 aliphatic heterocycles. The summed E-state index contributed by atoms with van der Waals surface area (Å²) >= 11 is 0. The number of aromatic nitrogens is 4. The molecule has 1 saturated carbocycles. The van der Waals surface area contributed by atoms with Gasteiger partial charge < -0.3 is 20.6 Å². The molecular weight excluding hydrogens is 428 g/mol. The van der Waals surface area contributed by atoms with E-state index >= 15 is 0 Å². The average Bonchev–Trinajstić information content (AvgIpc) is 3.42. The highest BCUT2D eigenvalue weighted by atomic mass is 16.5. The fourth-order valence-electron chi connectivity index (χ4n) is 4.28. The first-order valence-corrected chi connectivity index (χ1v) is 11.6. The summed E-state index contributed by atoms with van der Waals surface area (Å²) in [6.45, 7) is 4.15. The van der Waals surface area contributed by atoms with E-state index in [-0.39, 0.29) is 23.0 Å². The lowest BCUT2D eigenvalue weighted by Crippen LogP contribution is -2.23. The molecule has 1 aliphatic rings. The van der Waals surface area contributed by atoms with E-state index in [2.05, 4.69) is 30.1 Å². The van der Waals surface area contributed by atoms with Crippen molar-refractivity contribution in [2.45, 2.75) is 51.1 Å². The van der Waals surface area contributed by atoms with Crippen molar-refractivity contribution >= 4 is 5.82 Å². The molecule has 5 rings (SSSR count). The van der Waals surface area contributed by atoms with Crippen molar-refractivity contribution in [1.82, 2.24) is 19.7 Å². The van der Waals surface area contributed by atoms with Crippen LogP contribution in [-0.4, -0.2) is 19.7 Å². The molecule has 0 radical (unpaired) electrons. The van der Waals surface area contributed by atoms with E-state index in [0.29, 0.717) is 22.8 Å². The van der Waals surface area contributed by atoms with Crippen LogP contribution >= 0.6 is 0 Å². The Morgan fingerprint density at radius 1 is 1.09 bits per heavy atom. The topological polar surface area (TPSA) is 126 Å². The monoisotopic (exact) mass is 456 g/mol. The zero-order valence-electron chi connectivity index (χ0n) is 19.4. The molecule has 3 aromatic heterocycles. The van der Waals surface area contributed by atoms with Gasteiger partial charge in [-0.05, 0) is 43.4 Å². The van der Waals surface area contributed by atoms with Gasteiger partial charge in [0.15, 0.2) is 17.3 Å². The van der Waals surface area contributed by atoms with Crippen LogP contribution in [-0.2, 0) is 5.54 Å². The fraction of sp³-hybridized carbons (Fsp3) is 0.308. The van der Waals surface area contributed by atoms with Crippen molar-refractivity contribution in [2.75, 3.05) is 5.73 Å². The molecule has 0 spiro atoms. The van der Waals surface area contributed by atoms with Crippen molar-refractivity contribution in [2.24, 2.45) is 5.73 Å². The number of hydrogen-bond donors (Lipinski definition) is 2. The van der Waals surface area contributed by atoms with E-state index in [1.807, 2.05) is 30.5 Å². The van der Waals surface area contributed by atoms with Crippen LogP contribution in [0.15, 0.2) is 64.2 Å². The normalized spacial score (nSPS) is 14.5. The van der Waals surface area contributed by atoms with Crippen LogP contribution in [0.1, 0.15) is 51.1 Å². The molecule has 4 N–H and O–H groups in total. The predicted molar refractivity (Wildman–Crippen MR) is 132 cm³/mol. The Labute approximate surface area is 197 Å². The van der Waals surface area contributed by atoms with E-state index in [4.69, 9.17) is 21.0 Å². The smallest absolute Gasteiger partial charge is 0.250 e. The molecule has 8 heteroatoms. The number of rotatable bonds is 7. The number of pyridine rings is 1. The minimum atomic E-state index is -0.224. The fourth-order valence-corrected chi connectivity index (χ4v) is 4.28. The van der Waals surface area contributed by atoms with Crippen LogP contribution < -0.4 is 17.0 Å². The summed E-state index contributed by atoms with van der Waals surface area (Å²) in [4.78, 5) is 21.4. The Kier molecular flexibility index (Phi) is 5.53. The van der Waals surface area contributed by atoms with Gasteiger partial charge in [-0.3, -0.25) is 4.79 Å².